The predicted octanol–water partition coefficient (Wildman–Crippen LogP) is 1.72. The minimum absolute atomic E-state index is 0.00287. The third-order valence-electron chi connectivity index (χ3n) is 2.07. The van der Waals surface area contributed by atoms with E-state index in [9.17, 15) is 19.3 Å². The van der Waals surface area contributed by atoms with Gasteiger partial charge in [-0.15, -0.1) is 0 Å². The van der Waals surface area contributed by atoms with Crippen LogP contribution in [0.3, 0.4) is 0 Å². The van der Waals surface area contributed by atoms with E-state index in [0.29, 0.717) is 0 Å². The molecule has 0 saturated heterocycles. The number of nitro groups is 1. The molecule has 0 aromatic heterocycles. The number of hydrogen-bond acceptors (Lipinski definition) is 4. The van der Waals surface area contributed by atoms with Crippen molar-refractivity contribution in [3.63, 3.8) is 0 Å². The molecule has 0 aliphatic heterocycles. The summed E-state index contributed by atoms with van der Waals surface area (Å²) in [6.07, 6.45) is -1.11. The minimum Gasteiger partial charge on any atom is -0.479 e. The van der Waals surface area contributed by atoms with Gasteiger partial charge in [-0.25, -0.2) is 9.18 Å². The van der Waals surface area contributed by atoms with Crippen LogP contribution in [0.5, 0.6) is 0 Å². The Bertz CT molecular complexity index is 448. The number of aliphatic carboxylic acids is 1. The Kier molecular flexibility index (Phi) is 4.11. The van der Waals surface area contributed by atoms with Gasteiger partial charge in [0.1, 0.15) is 5.82 Å². The lowest BCUT2D eigenvalue weighted by molar-refractivity contribution is -0.386. The number of halogens is 1. The van der Waals surface area contributed by atoms with Gasteiger partial charge in [0.15, 0.2) is 6.10 Å². The van der Waals surface area contributed by atoms with Gasteiger partial charge in [0, 0.05) is 6.07 Å². The summed E-state index contributed by atoms with van der Waals surface area (Å²) in [5.41, 5.74) is -0.299. The molecule has 0 aliphatic carbocycles. The number of carboxylic acids is 1. The van der Waals surface area contributed by atoms with Gasteiger partial charge in [-0.05, 0) is 19.1 Å². The van der Waals surface area contributed by atoms with Crippen LogP contribution in [-0.2, 0) is 16.1 Å². The summed E-state index contributed by atoms with van der Waals surface area (Å²) in [5, 5.41) is 19.2. The molecule has 0 aliphatic rings. The lowest BCUT2D eigenvalue weighted by Gasteiger charge is -2.08. The summed E-state index contributed by atoms with van der Waals surface area (Å²) in [7, 11) is 0. The quantitative estimate of drug-likeness (QED) is 0.628. The summed E-state index contributed by atoms with van der Waals surface area (Å²) in [6, 6.07) is 2.93. The molecule has 1 atom stereocenters. The first-order chi connectivity index (χ1) is 7.91. The van der Waals surface area contributed by atoms with Gasteiger partial charge in [-0.2, -0.15) is 0 Å². The highest BCUT2D eigenvalue weighted by atomic mass is 19.1. The van der Waals surface area contributed by atoms with Crippen LogP contribution in [0.1, 0.15) is 12.5 Å². The van der Waals surface area contributed by atoms with Crippen molar-refractivity contribution in [1.29, 1.82) is 0 Å². The first-order valence-electron chi connectivity index (χ1n) is 4.69. The number of hydrogen-bond donors (Lipinski definition) is 1. The largest absolute Gasteiger partial charge is 0.479 e. The van der Waals surface area contributed by atoms with Crippen LogP contribution >= 0.6 is 0 Å². The maximum atomic E-state index is 12.9. The van der Waals surface area contributed by atoms with E-state index >= 15 is 0 Å². The van der Waals surface area contributed by atoms with Gasteiger partial charge in [-0.1, -0.05) is 0 Å². The van der Waals surface area contributed by atoms with Crippen LogP contribution < -0.4 is 0 Å². The maximum Gasteiger partial charge on any atom is 0.332 e. The topological polar surface area (TPSA) is 89.7 Å². The Morgan fingerprint density at radius 3 is 2.82 bits per heavy atom. The highest BCUT2D eigenvalue weighted by Gasteiger charge is 2.17. The Labute approximate surface area is 95.8 Å². The molecule has 0 radical (unpaired) electrons. The summed E-state index contributed by atoms with van der Waals surface area (Å²) >= 11 is 0. The average molecular weight is 243 g/mol. The van der Waals surface area contributed by atoms with Crippen LogP contribution in [0, 0.1) is 15.9 Å². The Morgan fingerprint density at radius 1 is 1.65 bits per heavy atom. The molecule has 1 aromatic carbocycles. The number of nitrogens with zero attached hydrogens (tertiary/aromatic N) is 1. The van der Waals surface area contributed by atoms with Gasteiger partial charge in [0.2, 0.25) is 0 Å². The van der Waals surface area contributed by atoms with Gasteiger partial charge in [0.05, 0.1) is 17.1 Å². The van der Waals surface area contributed by atoms with Crippen molar-refractivity contribution < 1.29 is 24.0 Å². The highest BCUT2D eigenvalue weighted by Crippen LogP contribution is 2.20. The molecular weight excluding hydrogens is 233 g/mol. The van der Waals surface area contributed by atoms with Gasteiger partial charge >= 0.3 is 5.97 Å². The van der Waals surface area contributed by atoms with Crippen LogP contribution in [0.2, 0.25) is 0 Å². The van der Waals surface area contributed by atoms with E-state index in [1.165, 1.54) is 6.92 Å². The standard InChI is InChI=1S/C10H10FNO5/c1-6(10(13)14)17-5-7-4-8(11)2-3-9(7)12(15)16/h2-4,6H,5H2,1H3,(H,13,14)/t6-/m0/s1. The Hall–Kier alpha value is -2.02. The van der Waals surface area contributed by atoms with E-state index < -0.39 is 22.8 Å². The molecule has 0 heterocycles. The van der Waals surface area contributed by atoms with Crippen molar-refractivity contribution in [3.05, 3.63) is 39.7 Å². The van der Waals surface area contributed by atoms with Crippen LogP contribution in [0.25, 0.3) is 0 Å². The Morgan fingerprint density at radius 2 is 2.29 bits per heavy atom. The predicted molar refractivity (Wildman–Crippen MR) is 54.9 cm³/mol. The third kappa shape index (κ3) is 3.49. The summed E-state index contributed by atoms with van der Waals surface area (Å²) < 4.78 is 17.8. The zero-order valence-corrected chi connectivity index (χ0v) is 8.92. The monoisotopic (exact) mass is 243 g/mol. The zero-order chi connectivity index (χ0) is 13.0. The van der Waals surface area contributed by atoms with Crippen LogP contribution in [0.4, 0.5) is 10.1 Å². The minimum atomic E-state index is -1.19. The number of benzene rings is 1. The highest BCUT2D eigenvalue weighted by molar-refractivity contribution is 5.71. The molecule has 0 saturated carbocycles. The third-order valence-corrected chi connectivity index (χ3v) is 2.07. The molecule has 6 nitrogen and oxygen atoms in total. The van der Waals surface area contributed by atoms with Crippen molar-refractivity contribution in [2.45, 2.75) is 19.6 Å². The fraction of sp³-hybridized carbons (Fsp3) is 0.300. The summed E-state index contributed by atoms with van der Waals surface area (Å²) in [5.74, 6) is -1.83. The van der Waals surface area contributed by atoms with E-state index in [2.05, 4.69) is 0 Å². The van der Waals surface area contributed by atoms with E-state index in [-0.39, 0.29) is 17.9 Å². The number of carboxylic acid groups (broad SMARTS) is 1. The maximum absolute atomic E-state index is 12.9. The van der Waals surface area contributed by atoms with E-state index in [1.807, 2.05) is 0 Å². The van der Waals surface area contributed by atoms with E-state index in [4.69, 9.17) is 9.84 Å². The SMILES string of the molecule is C[C@H](OCc1cc(F)ccc1[N+](=O)[O-])C(=O)O. The normalized spacial score (nSPS) is 12.1. The van der Waals surface area contributed by atoms with E-state index in [1.54, 1.807) is 0 Å². The van der Waals surface area contributed by atoms with Crippen LogP contribution in [-0.4, -0.2) is 22.1 Å². The number of rotatable bonds is 5. The molecule has 92 valence electrons. The molecule has 1 aromatic rings. The molecule has 0 fully saturated rings. The molecule has 0 spiro atoms. The average Bonchev–Trinajstić information content (AvgIpc) is 2.25. The van der Waals surface area contributed by atoms with Crippen molar-refractivity contribution in [1.82, 2.24) is 0 Å². The molecule has 0 unspecified atom stereocenters. The summed E-state index contributed by atoms with van der Waals surface area (Å²) in [6.45, 7) is 0.953. The van der Waals surface area contributed by atoms with E-state index in [0.717, 1.165) is 18.2 Å². The number of nitro benzene ring substituents is 1. The lowest BCUT2D eigenvalue weighted by Crippen LogP contribution is -2.19. The molecule has 1 N–H and O–H groups in total. The van der Waals surface area contributed by atoms with Crippen LogP contribution in [0.15, 0.2) is 18.2 Å². The van der Waals surface area contributed by atoms with Crippen molar-refractivity contribution in [3.8, 4) is 0 Å². The molecular formula is C10H10FNO5. The molecule has 0 bridgehead atoms. The van der Waals surface area contributed by atoms with Gasteiger partial charge < -0.3 is 9.84 Å². The lowest BCUT2D eigenvalue weighted by atomic mass is 10.2. The fourth-order valence-corrected chi connectivity index (χ4v) is 1.13. The second-order valence-electron chi connectivity index (χ2n) is 3.32. The molecule has 7 heteroatoms. The number of carbonyl (C=O) groups is 1. The van der Waals surface area contributed by atoms with Crippen molar-refractivity contribution >= 4 is 11.7 Å². The number of ether oxygens (including phenoxy) is 1. The molecule has 1 rings (SSSR count). The van der Waals surface area contributed by atoms with Crippen molar-refractivity contribution in [2.75, 3.05) is 0 Å². The second kappa shape index (κ2) is 5.35. The first kappa shape index (κ1) is 13.0. The zero-order valence-electron chi connectivity index (χ0n) is 8.92. The van der Waals surface area contributed by atoms with Gasteiger partial charge in [0.25, 0.3) is 5.69 Å². The molecule has 17 heavy (non-hydrogen) atoms. The second-order valence-corrected chi connectivity index (χ2v) is 3.32. The summed E-state index contributed by atoms with van der Waals surface area (Å²) in [4.78, 5) is 20.4. The first-order valence-corrected chi connectivity index (χ1v) is 4.69. The van der Waals surface area contributed by atoms with Gasteiger partial charge in [-0.3, -0.25) is 10.1 Å². The molecule has 0 amide bonds. The fourth-order valence-electron chi connectivity index (χ4n) is 1.13. The van der Waals surface area contributed by atoms with Crippen molar-refractivity contribution in [2.24, 2.45) is 0 Å². The smallest absolute Gasteiger partial charge is 0.332 e. The Balaban J connectivity index is 2.85.